The van der Waals surface area contributed by atoms with Crippen molar-refractivity contribution < 1.29 is 19.1 Å². The highest BCUT2D eigenvalue weighted by molar-refractivity contribution is 9.10. The van der Waals surface area contributed by atoms with Gasteiger partial charge in [-0.15, -0.1) is 0 Å². The number of esters is 2. The topological polar surface area (TPSA) is 65.5 Å². The summed E-state index contributed by atoms with van der Waals surface area (Å²) in [7, 11) is 2.41. The summed E-state index contributed by atoms with van der Waals surface area (Å²) >= 11 is 3.21. The van der Waals surface area contributed by atoms with E-state index in [4.69, 9.17) is 0 Å². The molecule has 0 radical (unpaired) electrons. The third-order valence-electron chi connectivity index (χ3n) is 1.92. The van der Waals surface area contributed by atoms with Crippen LogP contribution in [0.4, 0.5) is 0 Å². The molecule has 86 valence electrons. The van der Waals surface area contributed by atoms with Crippen molar-refractivity contribution in [3.8, 4) is 0 Å². The number of nitrogens with zero attached hydrogens (tertiary/aromatic N) is 1. The van der Waals surface area contributed by atoms with Crippen molar-refractivity contribution in [3.63, 3.8) is 0 Å². The second kappa shape index (κ2) is 5.60. The Labute approximate surface area is 101 Å². The quantitative estimate of drug-likeness (QED) is 0.619. The molecular formula is C10H10BrNO4. The molecule has 6 heteroatoms. The molecule has 1 heterocycles. The Morgan fingerprint density at radius 3 is 2.19 bits per heavy atom. The molecule has 1 aromatic heterocycles. The monoisotopic (exact) mass is 287 g/mol. The summed E-state index contributed by atoms with van der Waals surface area (Å²) < 4.78 is 9.81. The minimum atomic E-state index is -1.14. The lowest BCUT2D eigenvalue weighted by Crippen LogP contribution is -2.25. The first-order valence-electron chi connectivity index (χ1n) is 4.37. The Morgan fingerprint density at radius 2 is 1.81 bits per heavy atom. The van der Waals surface area contributed by atoms with Crippen LogP contribution < -0.4 is 0 Å². The van der Waals surface area contributed by atoms with Crippen molar-refractivity contribution in [2.75, 3.05) is 14.2 Å². The molecule has 0 amide bonds. The van der Waals surface area contributed by atoms with Crippen LogP contribution in [0.1, 0.15) is 11.6 Å². The first kappa shape index (κ1) is 12.6. The number of pyridine rings is 1. The molecule has 0 aliphatic rings. The lowest BCUT2D eigenvalue weighted by molar-refractivity contribution is -0.154. The Balaban J connectivity index is 3.06. The van der Waals surface area contributed by atoms with Gasteiger partial charge in [-0.25, -0.2) is 0 Å². The van der Waals surface area contributed by atoms with Crippen LogP contribution in [0.3, 0.4) is 0 Å². The van der Waals surface area contributed by atoms with E-state index in [-0.39, 0.29) is 0 Å². The van der Waals surface area contributed by atoms with Crippen LogP contribution in [-0.2, 0) is 19.1 Å². The largest absolute Gasteiger partial charge is 0.468 e. The second-order valence-electron chi connectivity index (χ2n) is 2.88. The van der Waals surface area contributed by atoms with Crippen LogP contribution >= 0.6 is 15.9 Å². The van der Waals surface area contributed by atoms with Gasteiger partial charge in [0.15, 0.2) is 5.92 Å². The number of carbonyl (C=O) groups excluding carboxylic acids is 2. The van der Waals surface area contributed by atoms with Gasteiger partial charge in [-0.1, -0.05) is 0 Å². The number of ether oxygens (including phenoxy) is 2. The minimum Gasteiger partial charge on any atom is -0.468 e. The fourth-order valence-electron chi connectivity index (χ4n) is 1.13. The van der Waals surface area contributed by atoms with Gasteiger partial charge in [-0.3, -0.25) is 14.6 Å². The molecule has 0 spiro atoms. The number of carbonyl (C=O) groups is 2. The summed E-state index contributed by atoms with van der Waals surface area (Å²) in [4.78, 5) is 26.8. The minimum absolute atomic E-state index is 0.293. The Kier molecular flexibility index (Phi) is 4.42. The first-order valence-corrected chi connectivity index (χ1v) is 5.16. The predicted molar refractivity (Wildman–Crippen MR) is 58.7 cm³/mol. The van der Waals surface area contributed by atoms with E-state index < -0.39 is 17.9 Å². The number of hydrogen-bond donors (Lipinski definition) is 0. The summed E-state index contributed by atoms with van der Waals surface area (Å²) in [5, 5.41) is 0. The summed E-state index contributed by atoms with van der Waals surface area (Å²) in [5.41, 5.74) is 0.293. The zero-order valence-electron chi connectivity index (χ0n) is 8.77. The van der Waals surface area contributed by atoms with E-state index in [1.165, 1.54) is 20.4 Å². The fraction of sp³-hybridized carbons (Fsp3) is 0.300. The molecular weight excluding hydrogens is 278 g/mol. The maximum atomic E-state index is 11.4. The highest BCUT2D eigenvalue weighted by Crippen LogP contribution is 2.18. The van der Waals surface area contributed by atoms with Gasteiger partial charge in [0.05, 0.1) is 19.9 Å². The van der Waals surface area contributed by atoms with Crippen molar-refractivity contribution in [3.05, 3.63) is 28.5 Å². The van der Waals surface area contributed by atoms with E-state index >= 15 is 0 Å². The van der Waals surface area contributed by atoms with Gasteiger partial charge in [0.25, 0.3) is 0 Å². The van der Waals surface area contributed by atoms with Gasteiger partial charge in [0.2, 0.25) is 0 Å². The van der Waals surface area contributed by atoms with Crippen LogP contribution in [0.2, 0.25) is 0 Å². The molecule has 0 N–H and O–H groups in total. The van der Waals surface area contributed by atoms with Crippen molar-refractivity contribution in [1.82, 2.24) is 4.98 Å². The van der Waals surface area contributed by atoms with E-state index in [0.29, 0.717) is 5.69 Å². The standard InChI is InChI=1S/C10H10BrNO4/c1-15-9(13)8(10(14)16-2)7-4-3-6(11)5-12-7/h3-5,8H,1-2H3. The molecule has 0 saturated heterocycles. The van der Waals surface area contributed by atoms with E-state index in [1.807, 2.05) is 0 Å². The molecule has 1 rings (SSSR count). The number of aromatic nitrogens is 1. The van der Waals surface area contributed by atoms with Crippen LogP contribution in [0.25, 0.3) is 0 Å². The van der Waals surface area contributed by atoms with Gasteiger partial charge >= 0.3 is 11.9 Å². The molecule has 0 bridgehead atoms. The maximum Gasteiger partial charge on any atom is 0.326 e. The van der Waals surface area contributed by atoms with Crippen LogP contribution in [-0.4, -0.2) is 31.1 Å². The molecule has 0 unspecified atom stereocenters. The van der Waals surface area contributed by atoms with Crippen molar-refractivity contribution in [2.24, 2.45) is 0 Å². The van der Waals surface area contributed by atoms with Crippen molar-refractivity contribution in [1.29, 1.82) is 0 Å². The van der Waals surface area contributed by atoms with E-state index in [2.05, 4.69) is 30.4 Å². The Hall–Kier alpha value is -1.43. The maximum absolute atomic E-state index is 11.4. The van der Waals surface area contributed by atoms with Crippen LogP contribution in [0.5, 0.6) is 0 Å². The predicted octanol–water partition coefficient (Wildman–Crippen LogP) is 1.27. The van der Waals surface area contributed by atoms with Crippen LogP contribution in [0, 0.1) is 0 Å². The summed E-state index contributed by atoms with van der Waals surface area (Å²) in [5.74, 6) is -2.52. The zero-order chi connectivity index (χ0) is 12.1. The average molecular weight is 288 g/mol. The van der Waals surface area contributed by atoms with E-state index in [9.17, 15) is 9.59 Å². The first-order chi connectivity index (χ1) is 7.60. The van der Waals surface area contributed by atoms with Gasteiger partial charge in [-0.2, -0.15) is 0 Å². The summed E-state index contributed by atoms with van der Waals surface area (Å²) in [6, 6.07) is 3.24. The molecule has 16 heavy (non-hydrogen) atoms. The normalized spacial score (nSPS) is 10.0. The zero-order valence-corrected chi connectivity index (χ0v) is 10.4. The number of halogens is 1. The smallest absolute Gasteiger partial charge is 0.326 e. The number of methoxy groups -OCH3 is 2. The molecule has 0 aromatic carbocycles. The second-order valence-corrected chi connectivity index (χ2v) is 3.80. The van der Waals surface area contributed by atoms with Gasteiger partial charge in [0, 0.05) is 10.7 Å². The van der Waals surface area contributed by atoms with Gasteiger partial charge in [0.1, 0.15) is 0 Å². The molecule has 0 fully saturated rings. The highest BCUT2D eigenvalue weighted by atomic mass is 79.9. The average Bonchev–Trinajstić information content (AvgIpc) is 2.31. The highest BCUT2D eigenvalue weighted by Gasteiger charge is 2.31. The fourth-order valence-corrected chi connectivity index (χ4v) is 1.37. The van der Waals surface area contributed by atoms with Crippen LogP contribution in [0.15, 0.2) is 22.8 Å². The number of rotatable bonds is 3. The SMILES string of the molecule is COC(=O)C(C(=O)OC)c1ccc(Br)cn1. The molecule has 0 aliphatic carbocycles. The van der Waals surface area contributed by atoms with Gasteiger partial charge < -0.3 is 9.47 Å². The lowest BCUT2D eigenvalue weighted by Gasteiger charge is -2.11. The third kappa shape index (κ3) is 2.79. The van der Waals surface area contributed by atoms with Gasteiger partial charge in [-0.05, 0) is 28.1 Å². The molecule has 0 aliphatic heterocycles. The Morgan fingerprint density at radius 1 is 1.25 bits per heavy atom. The van der Waals surface area contributed by atoms with Crippen molar-refractivity contribution >= 4 is 27.9 Å². The molecule has 1 aromatic rings. The van der Waals surface area contributed by atoms with Crippen molar-refractivity contribution in [2.45, 2.75) is 5.92 Å². The summed E-state index contributed by atoms with van der Waals surface area (Å²) in [6.45, 7) is 0. The molecule has 5 nitrogen and oxygen atoms in total. The molecule has 0 atom stereocenters. The Bertz CT molecular complexity index is 374. The van der Waals surface area contributed by atoms with E-state index in [1.54, 1.807) is 12.1 Å². The van der Waals surface area contributed by atoms with E-state index in [0.717, 1.165) is 4.47 Å². The lowest BCUT2D eigenvalue weighted by atomic mass is 10.1. The third-order valence-corrected chi connectivity index (χ3v) is 2.39. The number of hydrogen-bond acceptors (Lipinski definition) is 5. The summed E-state index contributed by atoms with van der Waals surface area (Å²) in [6.07, 6.45) is 1.49. The molecule has 0 saturated carbocycles.